The Labute approximate surface area is 136 Å². The van der Waals surface area contributed by atoms with Crippen LogP contribution in [-0.2, 0) is 13.0 Å². The van der Waals surface area contributed by atoms with Crippen molar-refractivity contribution < 1.29 is 9.26 Å². The van der Waals surface area contributed by atoms with Gasteiger partial charge in [0.25, 0.3) is 0 Å². The van der Waals surface area contributed by atoms with Gasteiger partial charge in [-0.05, 0) is 31.0 Å². The molecule has 0 unspecified atom stereocenters. The fraction of sp³-hybridized carbons (Fsp3) is 0.438. The van der Waals surface area contributed by atoms with E-state index in [9.17, 15) is 0 Å². The van der Waals surface area contributed by atoms with Crippen molar-refractivity contribution in [3.63, 3.8) is 0 Å². The summed E-state index contributed by atoms with van der Waals surface area (Å²) in [4.78, 5) is 8.38. The Bertz CT molecular complexity index is 639. The first kappa shape index (κ1) is 16.8. The first-order chi connectivity index (χ1) is 11.2. The van der Waals surface area contributed by atoms with Crippen LogP contribution in [0.1, 0.15) is 23.7 Å². The van der Waals surface area contributed by atoms with Crippen LogP contribution >= 0.6 is 0 Å². The summed E-state index contributed by atoms with van der Waals surface area (Å²) < 4.78 is 10.3. The molecule has 0 radical (unpaired) electrons. The van der Waals surface area contributed by atoms with Gasteiger partial charge in [-0.3, -0.25) is 4.99 Å². The zero-order chi connectivity index (χ0) is 16.5. The van der Waals surface area contributed by atoms with E-state index in [-0.39, 0.29) is 0 Å². The lowest BCUT2D eigenvalue weighted by atomic mass is 10.2. The van der Waals surface area contributed by atoms with Gasteiger partial charge in [0, 0.05) is 26.6 Å². The van der Waals surface area contributed by atoms with E-state index < -0.39 is 0 Å². The Morgan fingerprint density at radius 2 is 2.22 bits per heavy atom. The summed E-state index contributed by atoms with van der Waals surface area (Å²) in [5, 5.41) is 10.3. The van der Waals surface area contributed by atoms with E-state index in [2.05, 4.69) is 25.8 Å². The number of hydrogen-bond donors (Lipinski definition) is 2. The Morgan fingerprint density at radius 3 is 2.91 bits per heavy atom. The van der Waals surface area contributed by atoms with E-state index in [1.165, 1.54) is 0 Å². The lowest BCUT2D eigenvalue weighted by Gasteiger charge is -2.12. The van der Waals surface area contributed by atoms with E-state index in [0.717, 1.165) is 36.7 Å². The van der Waals surface area contributed by atoms with Gasteiger partial charge in [-0.2, -0.15) is 4.98 Å². The highest BCUT2D eigenvalue weighted by Gasteiger charge is 2.03. The largest absolute Gasteiger partial charge is 0.497 e. The summed E-state index contributed by atoms with van der Waals surface area (Å²) in [6, 6.07) is 7.94. The number of nitrogens with zero attached hydrogens (tertiary/aromatic N) is 3. The molecule has 0 saturated heterocycles. The molecule has 2 aromatic rings. The highest BCUT2D eigenvalue weighted by Crippen LogP contribution is 2.11. The van der Waals surface area contributed by atoms with Gasteiger partial charge in [-0.15, -0.1) is 0 Å². The smallest absolute Gasteiger partial charge is 0.226 e. The number of methoxy groups -OCH3 is 1. The molecule has 0 aliphatic heterocycles. The molecule has 0 amide bonds. The van der Waals surface area contributed by atoms with E-state index in [0.29, 0.717) is 18.3 Å². The molecule has 7 nitrogen and oxygen atoms in total. The van der Waals surface area contributed by atoms with Crippen LogP contribution in [0.5, 0.6) is 5.75 Å². The van der Waals surface area contributed by atoms with Gasteiger partial charge in [0.05, 0.1) is 7.11 Å². The van der Waals surface area contributed by atoms with Crippen LogP contribution in [0.4, 0.5) is 0 Å². The van der Waals surface area contributed by atoms with E-state index >= 15 is 0 Å². The molecule has 0 aliphatic carbocycles. The molecule has 1 aromatic heterocycles. The molecule has 0 atom stereocenters. The summed E-state index contributed by atoms with van der Waals surface area (Å²) in [6.07, 6.45) is 1.64. The second-order valence-electron chi connectivity index (χ2n) is 5.04. The molecular weight excluding hydrogens is 294 g/mol. The van der Waals surface area contributed by atoms with Crippen molar-refractivity contribution in [2.45, 2.75) is 26.3 Å². The predicted octanol–water partition coefficient (Wildman–Crippen LogP) is 1.68. The predicted molar refractivity (Wildman–Crippen MR) is 88.6 cm³/mol. The highest BCUT2D eigenvalue weighted by atomic mass is 16.5. The molecule has 2 N–H and O–H groups in total. The van der Waals surface area contributed by atoms with Crippen molar-refractivity contribution >= 4 is 5.96 Å². The quantitative estimate of drug-likeness (QED) is 0.459. The van der Waals surface area contributed by atoms with Crippen LogP contribution in [0.2, 0.25) is 0 Å². The standard InChI is InChI=1S/C16H23N5O2/c1-12-20-15(23-21-12)8-5-9-18-16(17-2)19-11-13-6-4-7-14(10-13)22-3/h4,6-7,10H,5,8-9,11H2,1-3H3,(H2,17,18,19). The Morgan fingerprint density at radius 1 is 1.35 bits per heavy atom. The van der Waals surface area contributed by atoms with Crippen molar-refractivity contribution in [1.29, 1.82) is 0 Å². The number of benzene rings is 1. The van der Waals surface area contributed by atoms with Gasteiger partial charge in [0.1, 0.15) is 5.75 Å². The zero-order valence-electron chi connectivity index (χ0n) is 13.8. The molecular formula is C16H23N5O2. The van der Waals surface area contributed by atoms with Gasteiger partial charge in [-0.1, -0.05) is 17.3 Å². The Hall–Kier alpha value is -2.57. The number of guanidine groups is 1. The summed E-state index contributed by atoms with van der Waals surface area (Å²) >= 11 is 0. The maximum atomic E-state index is 5.22. The van der Waals surface area contributed by atoms with Gasteiger partial charge in [0.2, 0.25) is 5.89 Å². The van der Waals surface area contributed by atoms with Crippen molar-refractivity contribution in [2.75, 3.05) is 20.7 Å². The number of aryl methyl sites for hydroxylation is 2. The van der Waals surface area contributed by atoms with Crippen molar-refractivity contribution in [3.05, 3.63) is 41.5 Å². The number of rotatable bonds is 7. The fourth-order valence-electron chi connectivity index (χ4n) is 2.08. The molecule has 0 bridgehead atoms. The van der Waals surface area contributed by atoms with E-state index in [4.69, 9.17) is 9.26 Å². The summed E-state index contributed by atoms with van der Waals surface area (Å²) in [5.74, 6) is 2.95. The second kappa shape index (κ2) is 8.77. The summed E-state index contributed by atoms with van der Waals surface area (Å²) in [7, 11) is 3.42. The molecule has 0 fully saturated rings. The lowest BCUT2D eigenvalue weighted by Crippen LogP contribution is -2.37. The average Bonchev–Trinajstić information content (AvgIpc) is 2.99. The topological polar surface area (TPSA) is 84.6 Å². The molecule has 2 rings (SSSR count). The summed E-state index contributed by atoms with van der Waals surface area (Å²) in [6.45, 7) is 3.27. The van der Waals surface area contributed by atoms with Crippen LogP contribution in [-0.4, -0.2) is 36.8 Å². The number of nitrogens with one attached hydrogen (secondary N) is 2. The number of aromatic nitrogens is 2. The highest BCUT2D eigenvalue weighted by molar-refractivity contribution is 5.79. The van der Waals surface area contributed by atoms with Gasteiger partial charge < -0.3 is 19.9 Å². The SMILES string of the molecule is CN=C(NCCCc1nc(C)no1)NCc1cccc(OC)c1. The minimum absolute atomic E-state index is 0.670. The van der Waals surface area contributed by atoms with Crippen molar-refractivity contribution in [2.24, 2.45) is 4.99 Å². The average molecular weight is 317 g/mol. The third-order valence-electron chi connectivity index (χ3n) is 3.25. The Balaban J connectivity index is 1.70. The molecule has 124 valence electrons. The third-order valence-corrected chi connectivity index (χ3v) is 3.25. The molecule has 0 aliphatic rings. The molecule has 0 saturated carbocycles. The molecule has 0 spiro atoms. The molecule has 1 aromatic carbocycles. The minimum atomic E-state index is 0.670. The zero-order valence-corrected chi connectivity index (χ0v) is 13.8. The maximum absolute atomic E-state index is 5.22. The number of ether oxygens (including phenoxy) is 1. The van der Waals surface area contributed by atoms with Crippen LogP contribution < -0.4 is 15.4 Å². The first-order valence-corrected chi connectivity index (χ1v) is 7.58. The van der Waals surface area contributed by atoms with E-state index in [1.807, 2.05) is 31.2 Å². The van der Waals surface area contributed by atoms with Gasteiger partial charge in [0.15, 0.2) is 11.8 Å². The van der Waals surface area contributed by atoms with Crippen LogP contribution in [0, 0.1) is 6.92 Å². The molecule has 7 heteroatoms. The van der Waals surface area contributed by atoms with Gasteiger partial charge >= 0.3 is 0 Å². The first-order valence-electron chi connectivity index (χ1n) is 7.58. The van der Waals surface area contributed by atoms with Gasteiger partial charge in [-0.25, -0.2) is 0 Å². The minimum Gasteiger partial charge on any atom is -0.497 e. The maximum Gasteiger partial charge on any atom is 0.226 e. The molecule has 1 heterocycles. The van der Waals surface area contributed by atoms with Crippen LogP contribution in [0.15, 0.2) is 33.8 Å². The lowest BCUT2D eigenvalue weighted by molar-refractivity contribution is 0.372. The normalized spacial score (nSPS) is 11.3. The second-order valence-corrected chi connectivity index (χ2v) is 5.04. The fourth-order valence-corrected chi connectivity index (χ4v) is 2.08. The third kappa shape index (κ3) is 5.61. The van der Waals surface area contributed by atoms with Crippen LogP contribution in [0.3, 0.4) is 0 Å². The van der Waals surface area contributed by atoms with Crippen LogP contribution in [0.25, 0.3) is 0 Å². The number of aliphatic imine (C=N–C) groups is 1. The molecule has 23 heavy (non-hydrogen) atoms. The number of hydrogen-bond acceptors (Lipinski definition) is 5. The van der Waals surface area contributed by atoms with E-state index in [1.54, 1.807) is 14.2 Å². The summed E-state index contributed by atoms with van der Waals surface area (Å²) in [5.41, 5.74) is 1.13. The van der Waals surface area contributed by atoms with Crippen molar-refractivity contribution in [3.8, 4) is 5.75 Å². The Kier molecular flexibility index (Phi) is 6.40. The monoisotopic (exact) mass is 317 g/mol. The van der Waals surface area contributed by atoms with Crippen molar-refractivity contribution in [1.82, 2.24) is 20.8 Å².